The van der Waals surface area contributed by atoms with Gasteiger partial charge in [-0.1, -0.05) is 103 Å². The highest BCUT2D eigenvalue weighted by Crippen LogP contribution is 2.38. The van der Waals surface area contributed by atoms with E-state index < -0.39 is 0 Å². The normalized spacial score (nSPS) is 11.5. The zero-order chi connectivity index (χ0) is 27.1. The monoisotopic (exact) mass is 514 g/mol. The molecule has 0 spiro atoms. The van der Waals surface area contributed by atoms with Crippen molar-refractivity contribution >= 4 is 21.8 Å². The lowest BCUT2D eigenvalue weighted by Crippen LogP contribution is -1.99. The lowest BCUT2D eigenvalue weighted by molar-refractivity contribution is 0.642. The molecule has 5 aromatic carbocycles. The Morgan fingerprint density at radius 2 is 0.850 bits per heavy atom. The molecule has 0 atom stereocenters. The Hall–Kier alpha value is -4.95. The van der Waals surface area contributed by atoms with Crippen LogP contribution in [0, 0.1) is 0 Å². The number of fused-ring (bicyclic) bond motifs is 3. The van der Waals surface area contributed by atoms with Crippen LogP contribution in [0.25, 0.3) is 66.6 Å². The fourth-order valence-corrected chi connectivity index (χ4v) is 5.81. The molecule has 0 saturated heterocycles. The first-order valence-corrected chi connectivity index (χ1v) is 13.9. The standard InChI is InChI=1S/C38H30N2/c1-26(2)40-37-20-18-30(27-12-6-3-7-13-27)22-33(37)34-23-31(19-21-38(34)40)32-24-35(28-14-8-4-9-15-28)39-36(25-32)29-16-10-5-11-17-29/h3-26H,1-2H3. The molecule has 0 saturated carbocycles. The maximum absolute atomic E-state index is 5.08. The number of rotatable bonds is 5. The molecular formula is C38H30N2. The highest BCUT2D eigenvalue weighted by atomic mass is 15.0. The van der Waals surface area contributed by atoms with Gasteiger partial charge in [-0.2, -0.15) is 0 Å². The van der Waals surface area contributed by atoms with Crippen LogP contribution in [-0.4, -0.2) is 9.55 Å². The average Bonchev–Trinajstić information content (AvgIpc) is 3.35. The summed E-state index contributed by atoms with van der Waals surface area (Å²) >= 11 is 0. The van der Waals surface area contributed by atoms with Gasteiger partial charge in [-0.15, -0.1) is 0 Å². The van der Waals surface area contributed by atoms with E-state index in [4.69, 9.17) is 4.98 Å². The lowest BCUT2D eigenvalue weighted by atomic mass is 9.98. The number of pyridine rings is 1. The SMILES string of the molecule is CC(C)n1c2ccc(-c3ccccc3)cc2c2cc(-c3cc(-c4ccccc4)nc(-c4ccccc4)c3)ccc21. The summed E-state index contributed by atoms with van der Waals surface area (Å²) in [5, 5.41) is 2.56. The van der Waals surface area contributed by atoms with Crippen LogP contribution in [0.2, 0.25) is 0 Å². The Bertz CT molecular complexity index is 1890. The third-order valence-corrected chi connectivity index (χ3v) is 7.72. The molecule has 40 heavy (non-hydrogen) atoms. The first-order valence-electron chi connectivity index (χ1n) is 13.9. The minimum Gasteiger partial charge on any atom is -0.338 e. The van der Waals surface area contributed by atoms with Crippen LogP contribution in [0.5, 0.6) is 0 Å². The van der Waals surface area contributed by atoms with Crippen LogP contribution in [0.1, 0.15) is 19.9 Å². The molecule has 0 radical (unpaired) electrons. The van der Waals surface area contributed by atoms with E-state index in [1.54, 1.807) is 0 Å². The van der Waals surface area contributed by atoms with Crippen LogP contribution in [0.3, 0.4) is 0 Å². The number of nitrogens with zero attached hydrogens (tertiary/aromatic N) is 2. The summed E-state index contributed by atoms with van der Waals surface area (Å²) in [6.07, 6.45) is 0. The summed E-state index contributed by atoms with van der Waals surface area (Å²) in [6.45, 7) is 4.53. The Morgan fingerprint density at radius 1 is 0.425 bits per heavy atom. The second-order valence-electron chi connectivity index (χ2n) is 10.7. The molecule has 0 aliphatic rings. The third-order valence-electron chi connectivity index (χ3n) is 7.72. The molecule has 192 valence electrons. The Labute approximate surface area is 235 Å². The Morgan fingerprint density at radius 3 is 1.30 bits per heavy atom. The number of hydrogen-bond donors (Lipinski definition) is 0. The molecule has 7 aromatic rings. The number of hydrogen-bond acceptors (Lipinski definition) is 1. The highest BCUT2D eigenvalue weighted by Gasteiger charge is 2.16. The van der Waals surface area contributed by atoms with Crippen LogP contribution in [0.15, 0.2) is 140 Å². The smallest absolute Gasteiger partial charge is 0.0715 e. The number of benzene rings is 5. The molecule has 2 nitrogen and oxygen atoms in total. The molecule has 0 aliphatic carbocycles. The van der Waals surface area contributed by atoms with E-state index in [-0.39, 0.29) is 0 Å². The van der Waals surface area contributed by atoms with Crippen LogP contribution >= 0.6 is 0 Å². The van der Waals surface area contributed by atoms with Crippen molar-refractivity contribution in [3.05, 3.63) is 140 Å². The van der Waals surface area contributed by atoms with Crippen molar-refractivity contribution in [2.45, 2.75) is 19.9 Å². The highest BCUT2D eigenvalue weighted by molar-refractivity contribution is 6.10. The minimum absolute atomic E-state index is 0.351. The van der Waals surface area contributed by atoms with Crippen molar-refractivity contribution in [3.8, 4) is 44.8 Å². The van der Waals surface area contributed by atoms with E-state index in [9.17, 15) is 0 Å². The second-order valence-corrected chi connectivity index (χ2v) is 10.7. The molecule has 0 amide bonds. The van der Waals surface area contributed by atoms with Crippen molar-refractivity contribution in [3.63, 3.8) is 0 Å². The van der Waals surface area contributed by atoms with E-state index in [1.807, 2.05) is 12.1 Å². The van der Waals surface area contributed by atoms with Gasteiger partial charge in [-0.3, -0.25) is 0 Å². The van der Waals surface area contributed by atoms with Gasteiger partial charge in [0.25, 0.3) is 0 Å². The summed E-state index contributed by atoms with van der Waals surface area (Å²) in [5.74, 6) is 0. The minimum atomic E-state index is 0.351. The molecule has 2 aromatic heterocycles. The molecule has 0 fully saturated rings. The van der Waals surface area contributed by atoms with Crippen molar-refractivity contribution in [2.24, 2.45) is 0 Å². The zero-order valence-corrected chi connectivity index (χ0v) is 22.8. The quantitative estimate of drug-likeness (QED) is 0.223. The van der Waals surface area contributed by atoms with Crippen LogP contribution in [0.4, 0.5) is 0 Å². The van der Waals surface area contributed by atoms with Crippen LogP contribution < -0.4 is 0 Å². The maximum atomic E-state index is 5.08. The Kier molecular flexibility index (Phi) is 6.02. The largest absolute Gasteiger partial charge is 0.338 e. The van der Waals surface area contributed by atoms with E-state index in [1.165, 1.54) is 44.1 Å². The molecule has 0 bridgehead atoms. The molecule has 2 heteroatoms. The predicted octanol–water partition coefficient (Wildman–Crippen LogP) is 10.4. The summed E-state index contributed by atoms with van der Waals surface area (Å²) < 4.78 is 2.46. The maximum Gasteiger partial charge on any atom is 0.0715 e. The summed E-state index contributed by atoms with van der Waals surface area (Å²) in [7, 11) is 0. The number of aromatic nitrogens is 2. The van der Waals surface area contributed by atoms with Crippen molar-refractivity contribution < 1.29 is 0 Å². The lowest BCUT2D eigenvalue weighted by Gasteiger charge is -2.13. The predicted molar refractivity (Wildman–Crippen MR) is 169 cm³/mol. The first kappa shape index (κ1) is 24.1. The van der Waals surface area contributed by atoms with E-state index in [0.717, 1.165) is 22.5 Å². The van der Waals surface area contributed by atoms with Gasteiger partial charge < -0.3 is 4.57 Å². The van der Waals surface area contributed by atoms with Gasteiger partial charge in [-0.25, -0.2) is 4.98 Å². The summed E-state index contributed by atoms with van der Waals surface area (Å²) in [4.78, 5) is 5.08. The van der Waals surface area contributed by atoms with Crippen LogP contribution in [-0.2, 0) is 0 Å². The molecule has 0 unspecified atom stereocenters. The average molecular weight is 515 g/mol. The first-order chi connectivity index (χ1) is 19.7. The molecule has 0 N–H and O–H groups in total. The van der Waals surface area contributed by atoms with Crippen molar-refractivity contribution in [1.82, 2.24) is 9.55 Å². The third kappa shape index (κ3) is 4.28. The Balaban J connectivity index is 1.46. The van der Waals surface area contributed by atoms with Gasteiger partial charge in [0.2, 0.25) is 0 Å². The molecular weight excluding hydrogens is 484 g/mol. The van der Waals surface area contributed by atoms with Gasteiger partial charge in [-0.05, 0) is 72.5 Å². The van der Waals surface area contributed by atoms with Crippen molar-refractivity contribution in [2.75, 3.05) is 0 Å². The van der Waals surface area contributed by atoms with Gasteiger partial charge in [0.1, 0.15) is 0 Å². The van der Waals surface area contributed by atoms with Crippen molar-refractivity contribution in [1.29, 1.82) is 0 Å². The second kappa shape index (κ2) is 9.98. The summed E-state index contributed by atoms with van der Waals surface area (Å²) in [5.41, 5.74) is 11.6. The molecule has 7 rings (SSSR count). The van der Waals surface area contributed by atoms with Gasteiger partial charge in [0, 0.05) is 39.0 Å². The zero-order valence-electron chi connectivity index (χ0n) is 22.8. The van der Waals surface area contributed by atoms with Gasteiger partial charge >= 0.3 is 0 Å². The van der Waals surface area contributed by atoms with E-state index >= 15 is 0 Å². The molecule has 2 heterocycles. The fourth-order valence-electron chi connectivity index (χ4n) is 5.81. The van der Waals surface area contributed by atoms with E-state index in [2.05, 4.69) is 146 Å². The topological polar surface area (TPSA) is 17.8 Å². The molecule has 0 aliphatic heterocycles. The fraction of sp³-hybridized carbons (Fsp3) is 0.0789. The van der Waals surface area contributed by atoms with E-state index in [0.29, 0.717) is 6.04 Å². The van der Waals surface area contributed by atoms with Gasteiger partial charge in [0.05, 0.1) is 11.4 Å². The van der Waals surface area contributed by atoms with Gasteiger partial charge in [0.15, 0.2) is 0 Å². The summed E-state index contributed by atoms with van der Waals surface area (Å²) in [6, 6.07) is 50.1.